The zero-order valence-corrected chi connectivity index (χ0v) is 9.49. The van der Waals surface area contributed by atoms with E-state index in [0.717, 1.165) is 0 Å². The van der Waals surface area contributed by atoms with Gasteiger partial charge in [0.1, 0.15) is 0 Å². The van der Waals surface area contributed by atoms with Crippen LogP contribution in [0.15, 0.2) is 18.2 Å². The van der Waals surface area contributed by atoms with Crippen molar-refractivity contribution >= 4 is 33.3 Å². The quantitative estimate of drug-likeness (QED) is 0.596. The number of benzene rings is 1. The van der Waals surface area contributed by atoms with Gasteiger partial charge in [0, 0.05) is 10.6 Å². The Kier molecular flexibility index (Phi) is 3.27. The molecule has 0 saturated carbocycles. The number of aryl methyl sites for hydroxylation is 1. The Morgan fingerprint density at radius 1 is 1.50 bits per heavy atom. The summed E-state index contributed by atoms with van der Waals surface area (Å²) >= 11 is 7.61. The zero-order chi connectivity index (χ0) is 10.9. The van der Waals surface area contributed by atoms with Gasteiger partial charge in [0.05, 0.1) is 0 Å². The second-order valence-corrected chi connectivity index (χ2v) is 4.22. The topological polar surface area (TPSA) is 17.1 Å². The van der Waals surface area contributed by atoms with Gasteiger partial charge < -0.3 is 0 Å². The first kappa shape index (κ1) is 11.6. The zero-order valence-electron chi connectivity index (χ0n) is 7.15. The molecule has 0 aromatic heterocycles. The Morgan fingerprint density at radius 3 is 2.57 bits per heavy atom. The first-order valence-corrected chi connectivity index (χ1v) is 4.87. The molecule has 0 radical (unpaired) electrons. The van der Waals surface area contributed by atoms with Gasteiger partial charge >= 0.3 is 4.83 Å². The molecule has 0 spiro atoms. The highest BCUT2D eigenvalue weighted by atomic mass is 79.9. The lowest BCUT2D eigenvalue weighted by molar-refractivity contribution is 0.0592. The second-order valence-electron chi connectivity index (χ2n) is 2.79. The molecule has 0 unspecified atom stereocenters. The van der Waals surface area contributed by atoms with Gasteiger partial charge in [-0.2, -0.15) is 8.78 Å². The van der Waals surface area contributed by atoms with E-state index in [4.69, 9.17) is 11.6 Å². The summed E-state index contributed by atoms with van der Waals surface area (Å²) in [6.45, 7) is 1.57. The van der Waals surface area contributed by atoms with Gasteiger partial charge in [-0.15, -0.1) is 0 Å². The Labute approximate surface area is 93.2 Å². The molecule has 14 heavy (non-hydrogen) atoms. The molecule has 1 aromatic carbocycles. The van der Waals surface area contributed by atoms with Crippen LogP contribution in [-0.2, 0) is 0 Å². The van der Waals surface area contributed by atoms with Gasteiger partial charge in [-0.05, 0) is 40.5 Å². The number of hydrogen-bond donors (Lipinski definition) is 0. The molecule has 0 fully saturated rings. The SMILES string of the molecule is Cc1ccc(Cl)cc1C(=O)C(F)(F)Br. The average Bonchev–Trinajstić information content (AvgIpc) is 2.06. The van der Waals surface area contributed by atoms with Crippen molar-refractivity contribution in [2.24, 2.45) is 0 Å². The van der Waals surface area contributed by atoms with Crippen LogP contribution in [0.2, 0.25) is 5.02 Å². The van der Waals surface area contributed by atoms with Gasteiger partial charge in [-0.25, -0.2) is 0 Å². The number of halogens is 4. The Balaban J connectivity index is 3.19. The van der Waals surface area contributed by atoms with Crippen LogP contribution in [0.5, 0.6) is 0 Å². The van der Waals surface area contributed by atoms with Gasteiger partial charge in [0.15, 0.2) is 0 Å². The first-order chi connectivity index (χ1) is 6.32. The summed E-state index contributed by atoms with van der Waals surface area (Å²) < 4.78 is 25.3. The fourth-order valence-electron chi connectivity index (χ4n) is 0.992. The number of rotatable bonds is 2. The van der Waals surface area contributed by atoms with E-state index in [0.29, 0.717) is 5.56 Å². The normalized spacial score (nSPS) is 11.5. The van der Waals surface area contributed by atoms with Crippen molar-refractivity contribution in [3.05, 3.63) is 34.3 Å². The van der Waals surface area contributed by atoms with Crippen LogP contribution < -0.4 is 0 Å². The average molecular weight is 283 g/mol. The highest BCUT2D eigenvalue weighted by Crippen LogP contribution is 2.29. The van der Waals surface area contributed by atoms with Crippen LogP contribution >= 0.6 is 27.5 Å². The van der Waals surface area contributed by atoms with Crippen LogP contribution in [0.1, 0.15) is 15.9 Å². The van der Waals surface area contributed by atoms with Crippen molar-refractivity contribution in [1.29, 1.82) is 0 Å². The highest BCUT2D eigenvalue weighted by molar-refractivity contribution is 9.10. The maximum absolute atomic E-state index is 12.6. The van der Waals surface area contributed by atoms with Crippen LogP contribution in [0, 0.1) is 6.92 Å². The molecule has 1 rings (SSSR count). The fraction of sp³-hybridized carbons (Fsp3) is 0.222. The van der Waals surface area contributed by atoms with Crippen molar-refractivity contribution in [3.63, 3.8) is 0 Å². The molecule has 0 aliphatic carbocycles. The standard InChI is InChI=1S/C9H6BrClF2O/c1-5-2-3-6(11)4-7(5)8(14)9(10,12)13/h2-4H,1H3. The van der Waals surface area contributed by atoms with E-state index in [1.807, 2.05) is 15.9 Å². The van der Waals surface area contributed by atoms with Crippen molar-refractivity contribution < 1.29 is 13.6 Å². The Bertz CT molecular complexity index is 374. The molecule has 1 nitrogen and oxygen atoms in total. The fourth-order valence-corrected chi connectivity index (χ4v) is 1.38. The van der Waals surface area contributed by atoms with Crippen LogP contribution in [0.25, 0.3) is 0 Å². The van der Waals surface area contributed by atoms with E-state index < -0.39 is 10.6 Å². The van der Waals surface area contributed by atoms with Crippen molar-refractivity contribution in [2.75, 3.05) is 0 Å². The molecular weight excluding hydrogens is 277 g/mol. The van der Waals surface area contributed by atoms with E-state index in [1.165, 1.54) is 12.1 Å². The van der Waals surface area contributed by atoms with Crippen molar-refractivity contribution in [3.8, 4) is 0 Å². The van der Waals surface area contributed by atoms with E-state index >= 15 is 0 Å². The van der Waals surface area contributed by atoms with E-state index in [1.54, 1.807) is 13.0 Å². The smallest absolute Gasteiger partial charge is 0.286 e. The number of Topliss-reactive ketones (excluding diaryl/α,β-unsaturated/α-hetero) is 1. The van der Waals surface area contributed by atoms with Crippen LogP contribution in [-0.4, -0.2) is 10.6 Å². The Morgan fingerprint density at radius 2 is 2.07 bits per heavy atom. The minimum absolute atomic E-state index is 0.0700. The summed E-state index contributed by atoms with van der Waals surface area (Å²) in [5.74, 6) is -1.28. The molecule has 0 amide bonds. The molecule has 0 aliphatic rings. The molecule has 1 aromatic rings. The second kappa shape index (κ2) is 3.95. The summed E-state index contributed by atoms with van der Waals surface area (Å²) in [7, 11) is 0. The lowest BCUT2D eigenvalue weighted by Gasteiger charge is -2.09. The number of alkyl halides is 3. The molecule has 0 bridgehead atoms. The first-order valence-electron chi connectivity index (χ1n) is 3.70. The summed E-state index contributed by atoms with van der Waals surface area (Å²) in [5, 5.41) is 0.260. The van der Waals surface area contributed by atoms with Crippen molar-refractivity contribution in [2.45, 2.75) is 11.8 Å². The monoisotopic (exact) mass is 282 g/mol. The predicted octanol–water partition coefficient (Wildman–Crippen LogP) is 3.82. The summed E-state index contributed by atoms with van der Waals surface area (Å²) in [4.78, 5) is 7.64. The molecule has 5 heteroatoms. The number of carbonyl (C=O) groups excluding carboxylic acids is 1. The summed E-state index contributed by atoms with van der Waals surface area (Å²) in [6, 6.07) is 4.29. The summed E-state index contributed by atoms with van der Waals surface area (Å²) in [6.07, 6.45) is 0. The van der Waals surface area contributed by atoms with E-state index in [9.17, 15) is 13.6 Å². The minimum atomic E-state index is -3.54. The lowest BCUT2D eigenvalue weighted by atomic mass is 10.1. The highest BCUT2D eigenvalue weighted by Gasteiger charge is 2.36. The maximum Gasteiger partial charge on any atom is 0.363 e. The molecule has 76 valence electrons. The molecule has 0 N–H and O–H groups in total. The lowest BCUT2D eigenvalue weighted by Crippen LogP contribution is -2.21. The summed E-state index contributed by atoms with van der Waals surface area (Å²) in [5.41, 5.74) is 0.401. The number of carbonyl (C=O) groups is 1. The van der Waals surface area contributed by atoms with Crippen LogP contribution in [0.3, 0.4) is 0 Å². The van der Waals surface area contributed by atoms with Gasteiger partial charge in [-0.1, -0.05) is 17.7 Å². The maximum atomic E-state index is 12.6. The predicted molar refractivity (Wildman–Crippen MR) is 54.4 cm³/mol. The van der Waals surface area contributed by atoms with Gasteiger partial charge in [0.2, 0.25) is 5.78 Å². The molecular formula is C9H6BrClF2O. The number of hydrogen-bond acceptors (Lipinski definition) is 1. The molecule has 0 atom stereocenters. The third-order valence-electron chi connectivity index (χ3n) is 1.70. The van der Waals surface area contributed by atoms with Gasteiger partial charge in [-0.3, -0.25) is 4.79 Å². The molecule has 0 heterocycles. The van der Waals surface area contributed by atoms with Gasteiger partial charge in [0.25, 0.3) is 0 Å². The van der Waals surface area contributed by atoms with E-state index in [-0.39, 0.29) is 10.6 Å². The minimum Gasteiger partial charge on any atom is -0.286 e. The molecule has 0 aliphatic heterocycles. The number of ketones is 1. The molecule has 0 saturated heterocycles. The van der Waals surface area contributed by atoms with Crippen molar-refractivity contribution in [1.82, 2.24) is 0 Å². The largest absolute Gasteiger partial charge is 0.363 e. The Hall–Kier alpha value is -0.480. The van der Waals surface area contributed by atoms with E-state index in [2.05, 4.69) is 0 Å². The third-order valence-corrected chi connectivity index (χ3v) is 2.30. The third kappa shape index (κ3) is 2.51. The van der Waals surface area contributed by atoms with Crippen LogP contribution in [0.4, 0.5) is 8.78 Å².